The summed E-state index contributed by atoms with van der Waals surface area (Å²) in [5, 5.41) is 11.9. The summed E-state index contributed by atoms with van der Waals surface area (Å²) in [5.41, 5.74) is 0.659. The largest absolute Gasteiger partial charge is 0.462 e. The summed E-state index contributed by atoms with van der Waals surface area (Å²) in [7, 11) is 0. The molecule has 0 bridgehead atoms. The third-order valence-corrected chi connectivity index (χ3v) is 2.95. The van der Waals surface area contributed by atoms with Crippen molar-refractivity contribution in [3.8, 4) is 0 Å². The van der Waals surface area contributed by atoms with Crippen molar-refractivity contribution >= 4 is 21.6 Å². The third-order valence-electron chi connectivity index (χ3n) is 2.25. The molecule has 1 heterocycles. The van der Waals surface area contributed by atoms with Crippen LogP contribution in [-0.2, 0) is 13.2 Å². The van der Waals surface area contributed by atoms with Crippen LogP contribution in [0.25, 0.3) is 0 Å². The maximum atomic E-state index is 13.0. The van der Waals surface area contributed by atoms with Gasteiger partial charge in [0.15, 0.2) is 0 Å². The second-order valence-corrected chi connectivity index (χ2v) is 4.36. The molecule has 0 unspecified atom stereocenters. The van der Waals surface area contributed by atoms with Crippen molar-refractivity contribution < 1.29 is 13.9 Å². The van der Waals surface area contributed by atoms with Crippen LogP contribution >= 0.6 is 15.9 Å². The van der Waals surface area contributed by atoms with Gasteiger partial charge in [0.2, 0.25) is 0 Å². The molecule has 0 amide bonds. The number of hydrogen-bond donors (Lipinski definition) is 2. The van der Waals surface area contributed by atoms with Gasteiger partial charge in [-0.15, -0.1) is 0 Å². The lowest BCUT2D eigenvalue weighted by Gasteiger charge is -2.06. The normalized spacial score (nSPS) is 10.5. The van der Waals surface area contributed by atoms with E-state index in [1.165, 1.54) is 12.1 Å². The first-order valence-electron chi connectivity index (χ1n) is 5.06. The van der Waals surface area contributed by atoms with Gasteiger partial charge in [0.05, 0.1) is 12.2 Å². The minimum Gasteiger partial charge on any atom is -0.462 e. The number of aliphatic hydroxyl groups is 1. The molecule has 5 heteroatoms. The summed E-state index contributed by atoms with van der Waals surface area (Å²) < 4.78 is 19.1. The second-order valence-electron chi connectivity index (χ2n) is 3.50. The molecular weight excluding hydrogens is 289 g/mol. The topological polar surface area (TPSA) is 45.4 Å². The highest BCUT2D eigenvalue weighted by Gasteiger charge is 2.04. The highest BCUT2D eigenvalue weighted by atomic mass is 79.9. The van der Waals surface area contributed by atoms with E-state index < -0.39 is 0 Å². The molecule has 2 rings (SSSR count). The van der Waals surface area contributed by atoms with E-state index in [1.807, 2.05) is 0 Å². The van der Waals surface area contributed by atoms with Gasteiger partial charge in [0.25, 0.3) is 0 Å². The molecule has 0 spiro atoms. The first-order valence-corrected chi connectivity index (χ1v) is 5.85. The lowest BCUT2D eigenvalue weighted by molar-refractivity contribution is 0.244. The Balaban J connectivity index is 2.04. The van der Waals surface area contributed by atoms with E-state index in [-0.39, 0.29) is 12.4 Å². The molecule has 2 N–H and O–H groups in total. The lowest BCUT2D eigenvalue weighted by Crippen LogP contribution is -1.99. The predicted octanol–water partition coefficient (Wildman–Crippen LogP) is 3.29. The molecule has 1 aromatic heterocycles. The van der Waals surface area contributed by atoms with Crippen LogP contribution in [0.3, 0.4) is 0 Å². The number of anilines is 1. The predicted molar refractivity (Wildman–Crippen MR) is 66.1 cm³/mol. The second kappa shape index (κ2) is 5.33. The van der Waals surface area contributed by atoms with Gasteiger partial charge in [0, 0.05) is 4.47 Å². The Labute approximate surface area is 106 Å². The van der Waals surface area contributed by atoms with Crippen LogP contribution in [0, 0.1) is 5.82 Å². The minimum absolute atomic E-state index is 0.121. The number of hydrogen-bond acceptors (Lipinski definition) is 3. The molecular formula is C12H11BrFNO2. The Bertz CT molecular complexity index is 513. The van der Waals surface area contributed by atoms with Gasteiger partial charge in [-0.05, 0) is 46.3 Å². The van der Waals surface area contributed by atoms with E-state index in [9.17, 15) is 4.39 Å². The summed E-state index contributed by atoms with van der Waals surface area (Å²) >= 11 is 3.32. The van der Waals surface area contributed by atoms with Crippen molar-refractivity contribution in [1.29, 1.82) is 0 Å². The minimum atomic E-state index is -0.300. The van der Waals surface area contributed by atoms with Crippen LogP contribution in [-0.4, -0.2) is 5.11 Å². The van der Waals surface area contributed by atoms with Gasteiger partial charge in [-0.3, -0.25) is 0 Å². The van der Waals surface area contributed by atoms with Crippen LogP contribution in [0.1, 0.15) is 11.5 Å². The van der Waals surface area contributed by atoms with E-state index in [4.69, 9.17) is 9.52 Å². The molecule has 0 saturated carbocycles. The first kappa shape index (κ1) is 12.1. The average Bonchev–Trinajstić information content (AvgIpc) is 2.78. The molecule has 0 aliphatic carbocycles. The third kappa shape index (κ3) is 3.08. The maximum absolute atomic E-state index is 13.0. The number of aliphatic hydroxyl groups excluding tert-OH is 1. The van der Waals surface area contributed by atoms with Gasteiger partial charge in [0.1, 0.15) is 23.9 Å². The zero-order valence-corrected chi connectivity index (χ0v) is 10.5. The standard InChI is InChI=1S/C12H11BrFNO2/c13-11-4-1-8(14)5-12(11)15-6-9-2-3-10(7-16)17-9/h1-5,15-16H,6-7H2. The molecule has 0 aliphatic rings. The zero-order valence-electron chi connectivity index (χ0n) is 8.91. The van der Waals surface area contributed by atoms with Crippen molar-refractivity contribution in [3.05, 3.63) is 52.1 Å². The van der Waals surface area contributed by atoms with Crippen molar-refractivity contribution in [1.82, 2.24) is 0 Å². The van der Waals surface area contributed by atoms with E-state index in [1.54, 1.807) is 18.2 Å². The van der Waals surface area contributed by atoms with E-state index in [2.05, 4.69) is 21.2 Å². The number of halogens is 2. The number of rotatable bonds is 4. The molecule has 3 nitrogen and oxygen atoms in total. The summed E-state index contributed by atoms with van der Waals surface area (Å²) in [6.45, 7) is 0.311. The van der Waals surface area contributed by atoms with Crippen LogP contribution in [0.4, 0.5) is 10.1 Å². The van der Waals surface area contributed by atoms with Crippen LogP contribution < -0.4 is 5.32 Å². The molecule has 0 aliphatic heterocycles. The first-order chi connectivity index (χ1) is 8.19. The summed E-state index contributed by atoms with van der Waals surface area (Å²) in [4.78, 5) is 0. The van der Waals surface area contributed by atoms with Crippen molar-refractivity contribution in [3.63, 3.8) is 0 Å². The van der Waals surface area contributed by atoms with Crippen LogP contribution in [0.2, 0.25) is 0 Å². The quantitative estimate of drug-likeness (QED) is 0.911. The zero-order chi connectivity index (χ0) is 12.3. The fourth-order valence-electron chi connectivity index (χ4n) is 1.42. The fourth-order valence-corrected chi connectivity index (χ4v) is 1.80. The molecule has 90 valence electrons. The SMILES string of the molecule is OCc1ccc(CNc2cc(F)ccc2Br)o1. The van der Waals surface area contributed by atoms with E-state index in [0.717, 1.165) is 4.47 Å². The van der Waals surface area contributed by atoms with E-state index in [0.29, 0.717) is 23.8 Å². The monoisotopic (exact) mass is 299 g/mol. The lowest BCUT2D eigenvalue weighted by atomic mass is 10.3. The summed E-state index contributed by atoms with van der Waals surface area (Å²) in [6.07, 6.45) is 0. The molecule has 0 saturated heterocycles. The van der Waals surface area contributed by atoms with E-state index >= 15 is 0 Å². The molecule has 0 radical (unpaired) electrons. The molecule has 17 heavy (non-hydrogen) atoms. The number of benzene rings is 1. The Morgan fingerprint density at radius 3 is 2.71 bits per heavy atom. The molecule has 0 fully saturated rings. The highest BCUT2D eigenvalue weighted by Crippen LogP contribution is 2.23. The number of nitrogens with one attached hydrogen (secondary N) is 1. The summed E-state index contributed by atoms with van der Waals surface area (Å²) in [6, 6.07) is 7.90. The molecule has 1 aromatic carbocycles. The van der Waals surface area contributed by atoms with Crippen molar-refractivity contribution in [2.75, 3.05) is 5.32 Å². The average molecular weight is 300 g/mol. The van der Waals surface area contributed by atoms with Crippen molar-refractivity contribution in [2.24, 2.45) is 0 Å². The Morgan fingerprint density at radius 2 is 2.00 bits per heavy atom. The van der Waals surface area contributed by atoms with Crippen LogP contribution in [0.5, 0.6) is 0 Å². The van der Waals surface area contributed by atoms with Crippen LogP contribution in [0.15, 0.2) is 39.2 Å². The van der Waals surface area contributed by atoms with Crippen molar-refractivity contribution in [2.45, 2.75) is 13.2 Å². The molecule has 2 aromatic rings. The van der Waals surface area contributed by atoms with Gasteiger partial charge in [-0.1, -0.05) is 0 Å². The maximum Gasteiger partial charge on any atom is 0.129 e. The fraction of sp³-hybridized carbons (Fsp3) is 0.167. The Morgan fingerprint density at radius 1 is 1.24 bits per heavy atom. The number of furan rings is 1. The van der Waals surface area contributed by atoms with Gasteiger partial charge >= 0.3 is 0 Å². The molecule has 0 atom stereocenters. The highest BCUT2D eigenvalue weighted by molar-refractivity contribution is 9.10. The summed E-state index contributed by atoms with van der Waals surface area (Å²) in [5.74, 6) is 0.900. The van der Waals surface area contributed by atoms with Gasteiger partial charge in [-0.2, -0.15) is 0 Å². The Kier molecular flexibility index (Phi) is 3.81. The van der Waals surface area contributed by atoms with Gasteiger partial charge in [-0.25, -0.2) is 4.39 Å². The van der Waals surface area contributed by atoms with Gasteiger partial charge < -0.3 is 14.8 Å². The smallest absolute Gasteiger partial charge is 0.129 e. The Hall–Kier alpha value is -1.33.